The minimum Gasteiger partial charge on any atom is -0.444 e. The van der Waals surface area contributed by atoms with Crippen molar-refractivity contribution in [3.8, 4) is 12.3 Å². The topological polar surface area (TPSA) is 87.7 Å². The molecule has 3 unspecified atom stereocenters. The molecule has 0 spiro atoms. The van der Waals surface area contributed by atoms with Gasteiger partial charge in [0.25, 0.3) is 0 Å². The standard InChI is InChI=1S/C34H53N3O4/c1-8-11-12-13-17-24-37(32(39)29(25(4)9-2)36-33(40)41-34(5,6)7)30(27-22-20-26(10-3)21-23-27)31(38)35-28-18-15-14-16-19-28/h3,20-23,25,28-30H,8-9,11-19,24H2,1-2,4-7H3,(H,35,38)(H,36,40). The summed E-state index contributed by atoms with van der Waals surface area (Å²) in [7, 11) is 0. The Labute approximate surface area is 248 Å². The van der Waals surface area contributed by atoms with Gasteiger partial charge in [0.2, 0.25) is 11.8 Å². The van der Waals surface area contributed by atoms with Crippen molar-refractivity contribution in [1.82, 2.24) is 15.5 Å². The van der Waals surface area contributed by atoms with E-state index in [1.54, 1.807) is 25.7 Å². The van der Waals surface area contributed by atoms with E-state index in [4.69, 9.17) is 11.2 Å². The van der Waals surface area contributed by atoms with Gasteiger partial charge >= 0.3 is 6.09 Å². The number of nitrogens with one attached hydrogen (secondary N) is 2. The third-order valence-electron chi connectivity index (χ3n) is 7.84. The molecule has 0 radical (unpaired) electrons. The first-order valence-electron chi connectivity index (χ1n) is 15.7. The van der Waals surface area contributed by atoms with Crippen LogP contribution in [0.25, 0.3) is 0 Å². The summed E-state index contributed by atoms with van der Waals surface area (Å²) in [5.41, 5.74) is 0.717. The lowest BCUT2D eigenvalue weighted by molar-refractivity contribution is -0.144. The Hall–Kier alpha value is -3.01. The van der Waals surface area contributed by atoms with E-state index in [1.165, 1.54) is 6.42 Å². The minimum absolute atomic E-state index is 0.0930. The summed E-state index contributed by atoms with van der Waals surface area (Å²) in [6.07, 6.45) is 15.9. The van der Waals surface area contributed by atoms with E-state index in [-0.39, 0.29) is 23.8 Å². The Morgan fingerprint density at radius 1 is 1.02 bits per heavy atom. The van der Waals surface area contributed by atoms with Crippen LogP contribution in [0.15, 0.2) is 24.3 Å². The number of rotatable bonds is 14. The first kappa shape index (κ1) is 34.2. The van der Waals surface area contributed by atoms with Crippen LogP contribution in [0.5, 0.6) is 0 Å². The van der Waals surface area contributed by atoms with Crippen molar-refractivity contribution in [3.63, 3.8) is 0 Å². The number of ether oxygens (including phenoxy) is 1. The number of hydrogen-bond acceptors (Lipinski definition) is 4. The molecule has 3 atom stereocenters. The van der Waals surface area contributed by atoms with Crippen LogP contribution >= 0.6 is 0 Å². The molecule has 2 rings (SSSR count). The molecule has 1 aliphatic carbocycles. The fraction of sp³-hybridized carbons (Fsp3) is 0.676. The zero-order chi connectivity index (χ0) is 30.4. The summed E-state index contributed by atoms with van der Waals surface area (Å²) >= 11 is 0. The molecule has 3 amide bonds. The van der Waals surface area contributed by atoms with Crippen molar-refractivity contribution in [2.24, 2.45) is 5.92 Å². The molecular formula is C34H53N3O4. The Morgan fingerprint density at radius 2 is 1.66 bits per heavy atom. The lowest BCUT2D eigenvalue weighted by Gasteiger charge is -2.37. The molecule has 1 saturated carbocycles. The van der Waals surface area contributed by atoms with Crippen molar-refractivity contribution in [1.29, 1.82) is 0 Å². The summed E-state index contributed by atoms with van der Waals surface area (Å²) in [6, 6.07) is 5.73. The molecule has 41 heavy (non-hydrogen) atoms. The van der Waals surface area contributed by atoms with Crippen molar-refractivity contribution < 1.29 is 19.1 Å². The maximum absolute atomic E-state index is 14.4. The van der Waals surface area contributed by atoms with Crippen LogP contribution in [0.3, 0.4) is 0 Å². The van der Waals surface area contributed by atoms with Gasteiger partial charge in [-0.15, -0.1) is 6.42 Å². The number of hydrogen-bond donors (Lipinski definition) is 2. The average molecular weight is 568 g/mol. The molecule has 1 aromatic rings. The van der Waals surface area contributed by atoms with E-state index in [0.29, 0.717) is 24.1 Å². The van der Waals surface area contributed by atoms with Crippen LogP contribution in [-0.4, -0.2) is 47.0 Å². The molecule has 7 nitrogen and oxygen atoms in total. The quantitative estimate of drug-likeness (QED) is 0.189. The zero-order valence-electron chi connectivity index (χ0n) is 26.3. The number of unbranched alkanes of at least 4 members (excludes halogenated alkanes) is 4. The Bertz CT molecular complexity index is 1000. The number of carbonyl (C=O) groups excluding carboxylic acids is 3. The molecule has 0 heterocycles. The van der Waals surface area contributed by atoms with Crippen molar-refractivity contribution in [2.45, 2.75) is 136 Å². The Balaban J connectivity index is 2.49. The zero-order valence-corrected chi connectivity index (χ0v) is 26.3. The van der Waals surface area contributed by atoms with Crippen molar-refractivity contribution in [3.05, 3.63) is 35.4 Å². The fourth-order valence-corrected chi connectivity index (χ4v) is 5.31. The Morgan fingerprint density at radius 3 is 2.22 bits per heavy atom. The highest BCUT2D eigenvalue weighted by Crippen LogP contribution is 2.27. The lowest BCUT2D eigenvalue weighted by atomic mass is 9.93. The third-order valence-corrected chi connectivity index (χ3v) is 7.84. The molecule has 0 aromatic heterocycles. The highest BCUT2D eigenvalue weighted by Gasteiger charge is 2.38. The molecule has 228 valence electrons. The first-order valence-corrected chi connectivity index (χ1v) is 15.7. The van der Waals surface area contributed by atoms with Gasteiger partial charge in [-0.3, -0.25) is 9.59 Å². The smallest absolute Gasteiger partial charge is 0.408 e. The number of terminal acetylenes is 1. The molecule has 0 aliphatic heterocycles. The van der Waals surface area contributed by atoms with E-state index in [0.717, 1.165) is 57.8 Å². The molecule has 1 fully saturated rings. The van der Waals surface area contributed by atoms with Crippen molar-refractivity contribution >= 4 is 17.9 Å². The van der Waals surface area contributed by atoms with Gasteiger partial charge in [-0.25, -0.2) is 4.79 Å². The minimum atomic E-state index is -0.839. The fourth-order valence-electron chi connectivity index (χ4n) is 5.31. The van der Waals surface area contributed by atoms with Crippen molar-refractivity contribution in [2.75, 3.05) is 6.54 Å². The van der Waals surface area contributed by atoms with E-state index >= 15 is 0 Å². The van der Waals surface area contributed by atoms with Crippen LogP contribution in [0.4, 0.5) is 4.79 Å². The van der Waals surface area contributed by atoms with Gasteiger partial charge in [0.05, 0.1) is 0 Å². The van der Waals surface area contributed by atoms with E-state index in [1.807, 2.05) is 38.1 Å². The second-order valence-corrected chi connectivity index (χ2v) is 12.5. The average Bonchev–Trinajstić information content (AvgIpc) is 2.94. The predicted octanol–water partition coefficient (Wildman–Crippen LogP) is 6.90. The van der Waals surface area contributed by atoms with Crippen LogP contribution in [0.2, 0.25) is 0 Å². The van der Waals surface area contributed by atoms with Crippen LogP contribution in [-0.2, 0) is 14.3 Å². The largest absolute Gasteiger partial charge is 0.444 e. The first-order chi connectivity index (χ1) is 19.5. The molecule has 1 aromatic carbocycles. The van der Waals surface area contributed by atoms with E-state index < -0.39 is 23.8 Å². The van der Waals surface area contributed by atoms with Crippen LogP contribution in [0.1, 0.15) is 129 Å². The van der Waals surface area contributed by atoms with Gasteiger partial charge in [-0.1, -0.05) is 90.2 Å². The highest BCUT2D eigenvalue weighted by atomic mass is 16.6. The molecular weight excluding hydrogens is 514 g/mol. The molecule has 0 bridgehead atoms. The Kier molecular flexibility index (Phi) is 14.2. The monoisotopic (exact) mass is 567 g/mol. The third kappa shape index (κ3) is 11.4. The van der Waals surface area contributed by atoms with E-state index in [9.17, 15) is 14.4 Å². The molecule has 2 N–H and O–H groups in total. The predicted molar refractivity (Wildman–Crippen MR) is 165 cm³/mol. The summed E-state index contributed by atoms with van der Waals surface area (Å²) in [4.78, 5) is 43.0. The summed E-state index contributed by atoms with van der Waals surface area (Å²) in [5.74, 6) is 2.01. The summed E-state index contributed by atoms with van der Waals surface area (Å²) in [6.45, 7) is 11.9. The summed E-state index contributed by atoms with van der Waals surface area (Å²) < 4.78 is 5.52. The maximum Gasteiger partial charge on any atom is 0.408 e. The number of carbonyl (C=O) groups is 3. The molecule has 7 heteroatoms. The van der Waals surface area contributed by atoms with Gasteiger partial charge in [-0.2, -0.15) is 0 Å². The number of nitrogens with zero attached hydrogens (tertiary/aromatic N) is 1. The highest BCUT2D eigenvalue weighted by molar-refractivity contribution is 5.92. The van der Waals surface area contributed by atoms with Gasteiger partial charge < -0.3 is 20.3 Å². The van der Waals surface area contributed by atoms with Gasteiger partial charge in [-0.05, 0) is 63.6 Å². The second kappa shape index (κ2) is 17.1. The van der Waals surface area contributed by atoms with Crippen LogP contribution in [0, 0.1) is 18.3 Å². The second-order valence-electron chi connectivity index (χ2n) is 12.5. The number of alkyl carbamates (subject to hydrolysis) is 1. The SMILES string of the molecule is C#Cc1ccc(C(C(=O)NC2CCCCC2)N(CCCCCCC)C(=O)C(NC(=O)OC(C)(C)C)C(C)CC)cc1. The van der Waals surface area contributed by atoms with Crippen LogP contribution < -0.4 is 10.6 Å². The number of amides is 3. The van der Waals surface area contributed by atoms with Gasteiger partial charge in [0.1, 0.15) is 17.7 Å². The number of benzene rings is 1. The van der Waals surface area contributed by atoms with E-state index in [2.05, 4.69) is 23.5 Å². The molecule has 1 aliphatic rings. The van der Waals surface area contributed by atoms with Gasteiger partial charge in [0, 0.05) is 18.2 Å². The molecule has 0 saturated heterocycles. The summed E-state index contributed by atoms with van der Waals surface area (Å²) in [5, 5.41) is 6.11. The van der Waals surface area contributed by atoms with Gasteiger partial charge in [0.15, 0.2) is 0 Å². The maximum atomic E-state index is 14.4. The normalized spacial score (nSPS) is 16.1. The lowest BCUT2D eigenvalue weighted by Crippen LogP contribution is -2.56.